The molecule has 0 radical (unpaired) electrons. The molecule has 0 aromatic heterocycles. The van der Waals surface area contributed by atoms with Gasteiger partial charge >= 0.3 is 0 Å². The third kappa shape index (κ3) is 2.70. The highest BCUT2D eigenvalue weighted by molar-refractivity contribution is 5.98. The number of ether oxygens (including phenoxy) is 2. The quantitative estimate of drug-likeness (QED) is 0.913. The summed E-state index contributed by atoms with van der Waals surface area (Å²) in [4.78, 5) is 15.0. The predicted molar refractivity (Wildman–Crippen MR) is 80.0 cm³/mol. The van der Waals surface area contributed by atoms with Gasteiger partial charge in [0.2, 0.25) is 0 Å². The number of benzene rings is 1. The van der Waals surface area contributed by atoms with Gasteiger partial charge in [0.1, 0.15) is 0 Å². The van der Waals surface area contributed by atoms with Crippen LogP contribution in [0.25, 0.3) is 0 Å². The van der Waals surface area contributed by atoms with E-state index >= 15 is 0 Å². The van der Waals surface area contributed by atoms with E-state index in [1.165, 1.54) is 25.9 Å². The van der Waals surface area contributed by atoms with Gasteiger partial charge in [0.25, 0.3) is 5.91 Å². The SMILES string of the molecule is COc1cccc(C(=O)NC2CN3CCC2CC3)c1OC. The lowest BCUT2D eigenvalue weighted by atomic mass is 9.84. The number of amides is 1. The first-order valence-electron chi connectivity index (χ1n) is 7.47. The standard InChI is InChI=1S/C16H22N2O3/c1-20-14-5-3-4-12(15(14)21-2)16(19)17-13-10-18-8-6-11(13)7-9-18/h3-5,11,13H,6-10H2,1-2H3,(H,17,19). The van der Waals surface area contributed by atoms with Crippen molar-refractivity contribution in [2.45, 2.75) is 18.9 Å². The van der Waals surface area contributed by atoms with Crippen LogP contribution in [0.4, 0.5) is 0 Å². The number of para-hydroxylation sites is 1. The molecule has 3 aliphatic rings. The summed E-state index contributed by atoms with van der Waals surface area (Å²) in [5.41, 5.74) is 0.535. The Hall–Kier alpha value is -1.75. The van der Waals surface area contributed by atoms with Crippen LogP contribution < -0.4 is 14.8 Å². The maximum atomic E-state index is 12.6. The predicted octanol–water partition coefficient (Wildman–Crippen LogP) is 1.53. The first-order valence-corrected chi connectivity index (χ1v) is 7.47. The molecule has 2 bridgehead atoms. The van der Waals surface area contributed by atoms with Gasteiger partial charge in [-0.3, -0.25) is 4.79 Å². The van der Waals surface area contributed by atoms with Crippen molar-refractivity contribution in [3.63, 3.8) is 0 Å². The first kappa shape index (κ1) is 14.2. The van der Waals surface area contributed by atoms with Gasteiger partial charge < -0.3 is 19.7 Å². The van der Waals surface area contributed by atoms with E-state index in [1.807, 2.05) is 6.07 Å². The van der Waals surface area contributed by atoms with Crippen LogP contribution in [0, 0.1) is 5.92 Å². The largest absolute Gasteiger partial charge is 0.493 e. The molecule has 1 unspecified atom stereocenters. The van der Waals surface area contributed by atoms with Gasteiger partial charge in [-0.25, -0.2) is 0 Å². The van der Waals surface area contributed by atoms with Crippen LogP contribution in [0.1, 0.15) is 23.2 Å². The molecule has 3 aliphatic heterocycles. The Kier molecular flexibility index (Phi) is 4.01. The van der Waals surface area contributed by atoms with Crippen molar-refractivity contribution >= 4 is 5.91 Å². The van der Waals surface area contributed by atoms with Crippen LogP contribution in [-0.2, 0) is 0 Å². The Morgan fingerprint density at radius 2 is 2.00 bits per heavy atom. The summed E-state index contributed by atoms with van der Waals surface area (Å²) < 4.78 is 10.6. The number of methoxy groups -OCH3 is 2. The highest BCUT2D eigenvalue weighted by atomic mass is 16.5. The molecule has 3 fully saturated rings. The Morgan fingerprint density at radius 3 is 2.57 bits per heavy atom. The molecule has 0 aliphatic carbocycles. The second-order valence-corrected chi connectivity index (χ2v) is 5.76. The molecule has 1 atom stereocenters. The fourth-order valence-electron chi connectivity index (χ4n) is 3.44. The second-order valence-electron chi connectivity index (χ2n) is 5.76. The third-order valence-corrected chi connectivity index (χ3v) is 4.62. The zero-order chi connectivity index (χ0) is 14.8. The van der Waals surface area contributed by atoms with Crippen molar-refractivity contribution in [2.24, 2.45) is 5.92 Å². The molecule has 3 heterocycles. The van der Waals surface area contributed by atoms with Gasteiger partial charge in [0, 0.05) is 12.6 Å². The van der Waals surface area contributed by atoms with Crippen LogP contribution in [0.3, 0.4) is 0 Å². The van der Waals surface area contributed by atoms with E-state index in [4.69, 9.17) is 9.47 Å². The van der Waals surface area contributed by atoms with Crippen LogP contribution in [0.15, 0.2) is 18.2 Å². The molecule has 1 aromatic rings. The Bertz CT molecular complexity index is 524. The van der Waals surface area contributed by atoms with E-state index < -0.39 is 0 Å². The minimum Gasteiger partial charge on any atom is -0.493 e. The van der Waals surface area contributed by atoms with Gasteiger partial charge in [0.05, 0.1) is 19.8 Å². The lowest BCUT2D eigenvalue weighted by Gasteiger charge is -2.44. The maximum Gasteiger partial charge on any atom is 0.255 e. The fraction of sp³-hybridized carbons (Fsp3) is 0.562. The summed E-state index contributed by atoms with van der Waals surface area (Å²) in [5, 5.41) is 3.18. The number of nitrogens with zero attached hydrogens (tertiary/aromatic N) is 1. The molecule has 21 heavy (non-hydrogen) atoms. The average Bonchev–Trinajstić information content (AvgIpc) is 2.55. The van der Waals surface area contributed by atoms with Crippen molar-refractivity contribution in [1.82, 2.24) is 10.2 Å². The van der Waals surface area contributed by atoms with Crippen molar-refractivity contribution < 1.29 is 14.3 Å². The van der Waals surface area contributed by atoms with Crippen LogP contribution in [0.5, 0.6) is 11.5 Å². The van der Waals surface area contributed by atoms with Crippen molar-refractivity contribution in [3.05, 3.63) is 23.8 Å². The molecule has 1 aromatic carbocycles. The molecule has 3 saturated heterocycles. The second kappa shape index (κ2) is 5.93. The smallest absolute Gasteiger partial charge is 0.255 e. The molecule has 0 spiro atoms. The van der Waals surface area contributed by atoms with E-state index in [2.05, 4.69) is 10.2 Å². The number of piperidine rings is 3. The lowest BCUT2D eigenvalue weighted by molar-refractivity contribution is 0.0618. The molecule has 0 saturated carbocycles. The maximum absolute atomic E-state index is 12.6. The van der Waals surface area contributed by atoms with Crippen molar-refractivity contribution in [1.29, 1.82) is 0 Å². The number of carbonyl (C=O) groups is 1. The molecule has 5 nitrogen and oxygen atoms in total. The lowest BCUT2D eigenvalue weighted by Crippen LogP contribution is -2.57. The zero-order valence-corrected chi connectivity index (χ0v) is 12.6. The molecule has 5 heteroatoms. The zero-order valence-electron chi connectivity index (χ0n) is 12.6. The molecular weight excluding hydrogens is 268 g/mol. The normalized spacial score (nSPS) is 27.2. The van der Waals surface area contributed by atoms with Crippen LogP contribution in [0.2, 0.25) is 0 Å². The van der Waals surface area contributed by atoms with Gasteiger partial charge in [-0.15, -0.1) is 0 Å². The number of carbonyl (C=O) groups excluding carboxylic acids is 1. The van der Waals surface area contributed by atoms with Crippen molar-refractivity contribution in [2.75, 3.05) is 33.9 Å². The van der Waals surface area contributed by atoms with Gasteiger partial charge in [-0.05, 0) is 44.0 Å². The minimum absolute atomic E-state index is 0.0792. The van der Waals surface area contributed by atoms with Crippen LogP contribution in [-0.4, -0.2) is 50.7 Å². The summed E-state index contributed by atoms with van der Waals surface area (Å²) in [6, 6.07) is 5.63. The Labute approximate surface area is 125 Å². The van der Waals surface area contributed by atoms with Gasteiger partial charge in [-0.1, -0.05) is 6.07 Å². The summed E-state index contributed by atoms with van der Waals surface area (Å²) >= 11 is 0. The van der Waals surface area contributed by atoms with Gasteiger partial charge in [-0.2, -0.15) is 0 Å². The topological polar surface area (TPSA) is 50.8 Å². The third-order valence-electron chi connectivity index (χ3n) is 4.62. The highest BCUT2D eigenvalue weighted by Gasteiger charge is 2.35. The summed E-state index contributed by atoms with van der Waals surface area (Å²) in [6.45, 7) is 3.29. The number of hydrogen-bond acceptors (Lipinski definition) is 4. The van der Waals surface area contributed by atoms with Gasteiger partial charge in [0.15, 0.2) is 11.5 Å². The van der Waals surface area contributed by atoms with Crippen molar-refractivity contribution in [3.8, 4) is 11.5 Å². The summed E-state index contributed by atoms with van der Waals surface area (Å²) in [7, 11) is 3.13. The van der Waals surface area contributed by atoms with E-state index in [1.54, 1.807) is 26.4 Å². The molecule has 1 amide bonds. The average molecular weight is 290 g/mol. The number of hydrogen-bond donors (Lipinski definition) is 1. The molecule has 4 rings (SSSR count). The first-order chi connectivity index (χ1) is 10.2. The van der Waals surface area contributed by atoms with E-state index in [0.717, 1.165) is 6.54 Å². The Morgan fingerprint density at radius 1 is 1.24 bits per heavy atom. The van der Waals surface area contributed by atoms with E-state index in [9.17, 15) is 4.79 Å². The summed E-state index contributed by atoms with van der Waals surface area (Å²) in [5.74, 6) is 1.61. The molecular formula is C16H22N2O3. The van der Waals surface area contributed by atoms with E-state index in [0.29, 0.717) is 23.0 Å². The number of rotatable bonds is 4. The molecule has 114 valence electrons. The number of nitrogens with one attached hydrogen (secondary N) is 1. The van der Waals surface area contributed by atoms with Crippen LogP contribution >= 0.6 is 0 Å². The fourth-order valence-corrected chi connectivity index (χ4v) is 3.44. The summed E-state index contributed by atoms with van der Waals surface area (Å²) in [6.07, 6.45) is 2.36. The Balaban J connectivity index is 1.76. The minimum atomic E-state index is -0.0792. The number of fused-ring (bicyclic) bond motifs is 3. The molecule has 1 N–H and O–H groups in total. The van der Waals surface area contributed by atoms with E-state index in [-0.39, 0.29) is 11.9 Å². The monoisotopic (exact) mass is 290 g/mol. The highest BCUT2D eigenvalue weighted by Crippen LogP contribution is 2.32.